The van der Waals surface area contributed by atoms with Crippen LogP contribution in [0.1, 0.15) is 433 Å². The van der Waals surface area contributed by atoms with Gasteiger partial charge in [-0.1, -0.05) is 382 Å². The van der Waals surface area contributed by atoms with Crippen LogP contribution in [-0.2, 0) is 65.4 Å². The van der Waals surface area contributed by atoms with Crippen LogP contribution in [0.15, 0.2) is 0 Å². The minimum atomic E-state index is -4.96. The van der Waals surface area contributed by atoms with E-state index >= 15 is 0 Å². The number of phosphoric ester groups is 2. The van der Waals surface area contributed by atoms with Crippen LogP contribution in [0.4, 0.5) is 0 Å². The fourth-order valence-electron chi connectivity index (χ4n) is 12.7. The van der Waals surface area contributed by atoms with Gasteiger partial charge in [0.1, 0.15) is 19.3 Å². The first-order chi connectivity index (χ1) is 48.9. The number of aliphatic hydroxyl groups excluding tert-OH is 1. The summed E-state index contributed by atoms with van der Waals surface area (Å²) in [5, 5.41) is 10.6. The molecule has 0 bridgehead atoms. The van der Waals surface area contributed by atoms with Gasteiger partial charge in [0.15, 0.2) is 12.2 Å². The van der Waals surface area contributed by atoms with E-state index in [1.807, 2.05) is 0 Å². The molecule has 600 valence electrons. The Balaban J connectivity index is 5.21. The summed E-state index contributed by atoms with van der Waals surface area (Å²) in [4.78, 5) is 73.0. The SMILES string of the molecule is CCCCCCCCCCCCCCCCCCCCCCCCC(=O)O[C@H](COC(=O)CCCCCCCCCCCCCCC(C)C)COP(=O)(O)OC[C@@H](O)COP(=O)(O)OC[C@@H](COC(=O)CCCCCCCCC(C)CC)OC(=O)CCCCCCCCCCCCCCCC. The quantitative estimate of drug-likeness (QED) is 0.0222. The van der Waals surface area contributed by atoms with Crippen molar-refractivity contribution in [2.75, 3.05) is 39.6 Å². The Hall–Kier alpha value is -1.94. The summed E-state index contributed by atoms with van der Waals surface area (Å²) in [5.74, 6) is -0.596. The average Bonchev–Trinajstić information content (AvgIpc) is 1.00. The molecule has 17 nitrogen and oxygen atoms in total. The number of carbonyl (C=O) groups is 4. The van der Waals surface area contributed by atoms with E-state index in [2.05, 4.69) is 41.5 Å². The summed E-state index contributed by atoms with van der Waals surface area (Å²) in [6.07, 6.45) is 63.9. The van der Waals surface area contributed by atoms with Crippen molar-refractivity contribution >= 4 is 39.5 Å². The summed E-state index contributed by atoms with van der Waals surface area (Å²) in [5.41, 5.74) is 0. The molecule has 0 aliphatic rings. The maximum absolute atomic E-state index is 13.1. The van der Waals surface area contributed by atoms with E-state index < -0.39 is 97.5 Å². The molecule has 0 saturated heterocycles. The third-order valence-corrected chi connectivity index (χ3v) is 21.5. The summed E-state index contributed by atoms with van der Waals surface area (Å²) in [6, 6.07) is 0. The van der Waals surface area contributed by atoms with Crippen LogP contribution in [0, 0.1) is 11.8 Å². The molecule has 0 saturated carbocycles. The molecule has 0 heterocycles. The van der Waals surface area contributed by atoms with Crippen molar-refractivity contribution in [1.82, 2.24) is 0 Å². The average molecular weight is 1480 g/mol. The maximum Gasteiger partial charge on any atom is 0.472 e. The minimum absolute atomic E-state index is 0.107. The number of unbranched alkanes of at least 4 members (excludes halogenated alkanes) is 50. The zero-order chi connectivity index (χ0) is 74.2. The zero-order valence-electron chi connectivity index (χ0n) is 66.2. The Bertz CT molecular complexity index is 1940. The van der Waals surface area contributed by atoms with Gasteiger partial charge in [0.05, 0.1) is 26.4 Å². The highest BCUT2D eigenvalue weighted by atomic mass is 31.2. The second kappa shape index (κ2) is 73.6. The highest BCUT2D eigenvalue weighted by Crippen LogP contribution is 2.45. The number of ether oxygens (including phenoxy) is 4. The Morgan fingerprint density at radius 2 is 0.505 bits per heavy atom. The fraction of sp³-hybridized carbons (Fsp3) is 0.951. The molecule has 0 fully saturated rings. The van der Waals surface area contributed by atoms with E-state index in [1.54, 1.807) is 0 Å². The van der Waals surface area contributed by atoms with Crippen LogP contribution in [0.5, 0.6) is 0 Å². The molecule has 3 unspecified atom stereocenters. The molecule has 0 aliphatic carbocycles. The normalized spacial score (nSPS) is 14.2. The maximum atomic E-state index is 13.1. The molecule has 19 heteroatoms. The first-order valence-electron chi connectivity index (χ1n) is 42.5. The summed E-state index contributed by atoms with van der Waals surface area (Å²) >= 11 is 0. The molecule has 0 aromatic carbocycles. The number of hydrogen-bond acceptors (Lipinski definition) is 15. The number of esters is 4. The molecule has 101 heavy (non-hydrogen) atoms. The van der Waals surface area contributed by atoms with Crippen molar-refractivity contribution in [2.45, 2.75) is 452 Å². The molecule has 0 spiro atoms. The summed E-state index contributed by atoms with van der Waals surface area (Å²) in [7, 11) is -9.92. The van der Waals surface area contributed by atoms with Crippen LogP contribution in [0.3, 0.4) is 0 Å². The van der Waals surface area contributed by atoms with Gasteiger partial charge in [0.25, 0.3) is 0 Å². The first-order valence-corrected chi connectivity index (χ1v) is 45.5. The summed E-state index contributed by atoms with van der Waals surface area (Å²) in [6.45, 7) is 9.61. The molecule has 0 aromatic heterocycles. The summed E-state index contributed by atoms with van der Waals surface area (Å²) < 4.78 is 68.7. The lowest BCUT2D eigenvalue weighted by Crippen LogP contribution is -2.30. The van der Waals surface area contributed by atoms with Gasteiger partial charge in [-0.15, -0.1) is 0 Å². The standard InChI is InChI=1S/C82H160O17P2/c1-7-10-12-14-16-18-20-22-24-25-26-27-28-29-30-31-33-39-43-47-55-61-67-81(86)98-77(70-92-79(84)64-58-52-45-41-37-35-34-36-40-44-50-56-62-74(4)5)72-96-100(88,89)94-68-76(83)69-95-101(90,91)97-73-78(71-93-80(85)65-59-53-49-48-51-57-63-75(6)9-3)99-82(87)66-60-54-46-42-38-32-23-21-19-17-15-13-11-8-2/h74-78,83H,7-73H2,1-6H3,(H,88,89)(H,90,91)/t75?,76-,77-,78-/m1/s1. The molecule has 6 atom stereocenters. The molecule has 0 aliphatic heterocycles. The molecule has 0 amide bonds. The van der Waals surface area contributed by atoms with Gasteiger partial charge in [0.2, 0.25) is 0 Å². The van der Waals surface area contributed by atoms with Crippen LogP contribution < -0.4 is 0 Å². The van der Waals surface area contributed by atoms with E-state index in [1.165, 1.54) is 244 Å². The van der Waals surface area contributed by atoms with E-state index in [9.17, 15) is 43.2 Å². The lowest BCUT2D eigenvalue weighted by atomic mass is 10.00. The molecular formula is C82H160O17P2. The van der Waals surface area contributed by atoms with Gasteiger partial charge >= 0.3 is 39.5 Å². The van der Waals surface area contributed by atoms with Gasteiger partial charge in [-0.3, -0.25) is 37.3 Å². The third-order valence-electron chi connectivity index (χ3n) is 19.6. The Morgan fingerprint density at radius 3 is 0.752 bits per heavy atom. The van der Waals surface area contributed by atoms with Gasteiger partial charge in [-0.25, -0.2) is 9.13 Å². The number of phosphoric acid groups is 2. The van der Waals surface area contributed by atoms with Gasteiger partial charge in [-0.05, 0) is 37.5 Å². The zero-order valence-corrected chi connectivity index (χ0v) is 68.0. The van der Waals surface area contributed by atoms with Crippen molar-refractivity contribution in [3.8, 4) is 0 Å². The highest BCUT2D eigenvalue weighted by Gasteiger charge is 2.30. The monoisotopic (exact) mass is 1480 g/mol. The van der Waals surface area contributed by atoms with Crippen LogP contribution in [-0.4, -0.2) is 96.7 Å². The molecule has 0 aromatic rings. The van der Waals surface area contributed by atoms with Gasteiger partial charge in [-0.2, -0.15) is 0 Å². The van der Waals surface area contributed by atoms with Crippen molar-refractivity contribution in [2.24, 2.45) is 11.8 Å². The number of rotatable bonds is 81. The second-order valence-electron chi connectivity index (χ2n) is 30.2. The lowest BCUT2D eigenvalue weighted by Gasteiger charge is -2.21. The van der Waals surface area contributed by atoms with E-state index in [4.69, 9.17) is 37.0 Å². The van der Waals surface area contributed by atoms with Gasteiger partial charge in [0, 0.05) is 25.7 Å². The fourth-order valence-corrected chi connectivity index (χ4v) is 14.3. The Morgan fingerprint density at radius 1 is 0.287 bits per heavy atom. The largest absolute Gasteiger partial charge is 0.472 e. The van der Waals surface area contributed by atoms with E-state index in [0.29, 0.717) is 25.7 Å². The first kappa shape index (κ1) is 99.1. The molecular weight excluding hydrogens is 1320 g/mol. The molecule has 0 rings (SSSR count). The van der Waals surface area contributed by atoms with Crippen molar-refractivity contribution in [3.05, 3.63) is 0 Å². The highest BCUT2D eigenvalue weighted by molar-refractivity contribution is 7.47. The smallest absolute Gasteiger partial charge is 0.462 e. The Kier molecular flexibility index (Phi) is 72.2. The van der Waals surface area contributed by atoms with Gasteiger partial charge < -0.3 is 33.8 Å². The number of carbonyl (C=O) groups excluding carboxylic acids is 4. The third kappa shape index (κ3) is 74.7. The van der Waals surface area contributed by atoms with E-state index in [-0.39, 0.29) is 25.7 Å². The second-order valence-corrected chi connectivity index (χ2v) is 33.1. The van der Waals surface area contributed by atoms with Crippen molar-refractivity contribution in [3.63, 3.8) is 0 Å². The lowest BCUT2D eigenvalue weighted by molar-refractivity contribution is -0.161. The predicted molar refractivity (Wildman–Crippen MR) is 414 cm³/mol. The molecule has 0 radical (unpaired) electrons. The van der Waals surface area contributed by atoms with Crippen LogP contribution >= 0.6 is 15.6 Å². The minimum Gasteiger partial charge on any atom is -0.462 e. The predicted octanol–water partition coefficient (Wildman–Crippen LogP) is 24.7. The van der Waals surface area contributed by atoms with Crippen molar-refractivity contribution < 1.29 is 80.2 Å². The Labute approximate surface area is 619 Å². The topological polar surface area (TPSA) is 237 Å². The van der Waals surface area contributed by atoms with Crippen LogP contribution in [0.2, 0.25) is 0 Å². The van der Waals surface area contributed by atoms with Crippen molar-refractivity contribution in [1.29, 1.82) is 0 Å². The van der Waals surface area contributed by atoms with E-state index in [0.717, 1.165) is 108 Å². The molecule has 3 N–H and O–H groups in total. The number of hydrogen-bond donors (Lipinski definition) is 3. The number of aliphatic hydroxyl groups is 1. The van der Waals surface area contributed by atoms with Crippen LogP contribution in [0.25, 0.3) is 0 Å².